The minimum Gasteiger partial charge on any atom is -0.318 e. The fourth-order valence-electron chi connectivity index (χ4n) is 1.81. The van der Waals surface area contributed by atoms with Crippen LogP contribution in [0.4, 0.5) is 0 Å². The zero-order chi connectivity index (χ0) is 13.2. The maximum atomic E-state index is 6.22. The van der Waals surface area contributed by atoms with Crippen molar-refractivity contribution in [2.45, 2.75) is 13.0 Å². The lowest BCUT2D eigenvalue weighted by molar-refractivity contribution is 0.831. The van der Waals surface area contributed by atoms with Crippen molar-refractivity contribution in [1.82, 2.24) is 10.2 Å². The molecular formula is C14H13N3S2. The summed E-state index contributed by atoms with van der Waals surface area (Å²) in [6.45, 7) is 2.09. The summed E-state index contributed by atoms with van der Waals surface area (Å²) < 4.78 is 0. The van der Waals surface area contributed by atoms with Crippen LogP contribution in [0.1, 0.15) is 21.5 Å². The van der Waals surface area contributed by atoms with Gasteiger partial charge in [-0.2, -0.15) is 0 Å². The first-order chi connectivity index (χ1) is 9.24. The molecule has 2 aromatic heterocycles. The van der Waals surface area contributed by atoms with Gasteiger partial charge in [0, 0.05) is 4.88 Å². The lowest BCUT2D eigenvalue weighted by Crippen LogP contribution is -2.11. The first kappa shape index (κ1) is 12.5. The Bertz CT molecular complexity index is 673. The number of aryl methyl sites for hydroxylation is 1. The van der Waals surface area contributed by atoms with E-state index in [4.69, 9.17) is 5.73 Å². The summed E-state index contributed by atoms with van der Waals surface area (Å²) in [5.41, 5.74) is 7.29. The number of aromatic nitrogens is 2. The summed E-state index contributed by atoms with van der Waals surface area (Å²) in [4.78, 5) is 2.43. The third-order valence-electron chi connectivity index (χ3n) is 2.82. The Kier molecular flexibility index (Phi) is 3.42. The molecule has 19 heavy (non-hydrogen) atoms. The molecule has 3 rings (SSSR count). The van der Waals surface area contributed by atoms with Gasteiger partial charge in [-0.3, -0.25) is 0 Å². The van der Waals surface area contributed by atoms with Crippen LogP contribution in [0.3, 0.4) is 0 Å². The van der Waals surface area contributed by atoms with Gasteiger partial charge in [-0.25, -0.2) is 0 Å². The van der Waals surface area contributed by atoms with E-state index < -0.39 is 0 Å². The average Bonchev–Trinajstić information content (AvgIpc) is 3.07. The molecule has 0 aliphatic heterocycles. The number of hydrogen-bond donors (Lipinski definition) is 1. The van der Waals surface area contributed by atoms with Crippen molar-refractivity contribution in [3.8, 4) is 9.88 Å². The van der Waals surface area contributed by atoms with E-state index in [1.54, 1.807) is 22.7 Å². The van der Waals surface area contributed by atoms with E-state index >= 15 is 0 Å². The Balaban J connectivity index is 1.89. The molecule has 1 atom stereocenters. The van der Waals surface area contributed by atoms with Gasteiger partial charge in [0.1, 0.15) is 5.01 Å². The van der Waals surface area contributed by atoms with E-state index in [1.807, 2.05) is 30.3 Å². The Morgan fingerprint density at radius 2 is 1.79 bits per heavy atom. The minimum absolute atomic E-state index is 0.200. The highest BCUT2D eigenvalue weighted by Gasteiger charge is 2.15. The molecule has 0 bridgehead atoms. The van der Waals surface area contributed by atoms with Crippen LogP contribution in [0, 0.1) is 6.92 Å². The molecule has 3 nitrogen and oxygen atoms in total. The number of rotatable bonds is 3. The van der Waals surface area contributed by atoms with Crippen molar-refractivity contribution in [3.63, 3.8) is 0 Å². The molecule has 5 heteroatoms. The normalized spacial score (nSPS) is 12.5. The maximum absolute atomic E-state index is 6.22. The lowest BCUT2D eigenvalue weighted by Gasteiger charge is -2.06. The van der Waals surface area contributed by atoms with Gasteiger partial charge < -0.3 is 5.73 Å². The monoisotopic (exact) mass is 287 g/mol. The van der Waals surface area contributed by atoms with Crippen LogP contribution in [0.2, 0.25) is 0 Å². The molecule has 0 fully saturated rings. The van der Waals surface area contributed by atoms with E-state index in [-0.39, 0.29) is 6.04 Å². The first-order valence-electron chi connectivity index (χ1n) is 5.95. The van der Waals surface area contributed by atoms with Crippen LogP contribution < -0.4 is 5.73 Å². The Morgan fingerprint density at radius 1 is 1.00 bits per heavy atom. The van der Waals surface area contributed by atoms with Crippen LogP contribution in [-0.4, -0.2) is 10.2 Å². The predicted octanol–water partition coefficient (Wildman–Crippen LogP) is 3.62. The van der Waals surface area contributed by atoms with Crippen molar-refractivity contribution in [1.29, 1.82) is 0 Å². The second kappa shape index (κ2) is 5.21. The number of hydrogen-bond acceptors (Lipinski definition) is 5. The standard InChI is InChI=1S/C14H13N3S2/c1-9-7-8-11(18-9)13-16-17-14(19-13)12(15)10-5-3-2-4-6-10/h2-8,12H,15H2,1H3. The highest BCUT2D eigenvalue weighted by Crippen LogP contribution is 2.32. The average molecular weight is 287 g/mol. The molecule has 96 valence electrons. The Morgan fingerprint density at radius 3 is 2.47 bits per heavy atom. The van der Waals surface area contributed by atoms with Gasteiger partial charge in [0.05, 0.1) is 10.9 Å². The van der Waals surface area contributed by atoms with Crippen LogP contribution in [-0.2, 0) is 0 Å². The summed E-state index contributed by atoms with van der Waals surface area (Å²) in [7, 11) is 0. The van der Waals surface area contributed by atoms with E-state index in [1.165, 1.54) is 4.88 Å². The molecule has 0 aliphatic rings. The fraction of sp³-hybridized carbons (Fsp3) is 0.143. The van der Waals surface area contributed by atoms with Crippen LogP contribution >= 0.6 is 22.7 Å². The number of thiophene rings is 1. The molecular weight excluding hydrogens is 274 g/mol. The van der Waals surface area contributed by atoms with Crippen molar-refractivity contribution in [2.75, 3.05) is 0 Å². The molecule has 3 aromatic rings. The molecule has 0 aliphatic carbocycles. The molecule has 1 unspecified atom stereocenters. The molecule has 0 spiro atoms. The zero-order valence-electron chi connectivity index (χ0n) is 10.4. The van der Waals surface area contributed by atoms with Gasteiger partial charge in [-0.05, 0) is 24.6 Å². The third-order valence-corrected chi connectivity index (χ3v) is 4.99. The summed E-state index contributed by atoms with van der Waals surface area (Å²) in [5.74, 6) is 0. The summed E-state index contributed by atoms with van der Waals surface area (Å²) >= 11 is 3.29. The molecule has 2 N–H and O–H groups in total. The Hall–Kier alpha value is -1.56. The summed E-state index contributed by atoms with van der Waals surface area (Å²) in [6.07, 6.45) is 0. The van der Waals surface area contributed by atoms with E-state index in [0.29, 0.717) is 0 Å². The second-order valence-corrected chi connectivity index (χ2v) is 6.54. The molecule has 0 saturated carbocycles. The maximum Gasteiger partial charge on any atom is 0.157 e. The quantitative estimate of drug-likeness (QED) is 0.800. The number of nitrogens with zero attached hydrogens (tertiary/aromatic N) is 2. The van der Waals surface area contributed by atoms with Gasteiger partial charge in [0.2, 0.25) is 0 Å². The van der Waals surface area contributed by atoms with Gasteiger partial charge in [0.15, 0.2) is 5.01 Å². The molecule has 2 heterocycles. The topological polar surface area (TPSA) is 51.8 Å². The van der Waals surface area contributed by atoms with Crippen LogP contribution in [0.5, 0.6) is 0 Å². The van der Waals surface area contributed by atoms with E-state index in [9.17, 15) is 0 Å². The molecule has 0 amide bonds. The number of nitrogens with two attached hydrogens (primary N) is 1. The third kappa shape index (κ3) is 2.58. The second-order valence-electron chi connectivity index (χ2n) is 4.24. The zero-order valence-corrected chi connectivity index (χ0v) is 12.0. The predicted molar refractivity (Wildman–Crippen MR) is 80.4 cm³/mol. The molecule has 0 saturated heterocycles. The first-order valence-corrected chi connectivity index (χ1v) is 7.58. The fourth-order valence-corrected chi connectivity index (χ4v) is 3.60. The van der Waals surface area contributed by atoms with Gasteiger partial charge >= 0.3 is 0 Å². The molecule has 1 aromatic carbocycles. The van der Waals surface area contributed by atoms with Crippen LogP contribution in [0.25, 0.3) is 9.88 Å². The summed E-state index contributed by atoms with van der Waals surface area (Å²) in [6, 6.07) is 14.0. The molecule has 0 radical (unpaired) electrons. The van der Waals surface area contributed by atoms with E-state index in [0.717, 1.165) is 20.5 Å². The SMILES string of the molecule is Cc1ccc(-c2nnc(C(N)c3ccccc3)s2)s1. The van der Waals surface area contributed by atoms with Gasteiger partial charge in [-0.1, -0.05) is 41.7 Å². The largest absolute Gasteiger partial charge is 0.318 e. The van der Waals surface area contributed by atoms with E-state index in [2.05, 4.69) is 29.3 Å². The Labute approximate surface area is 119 Å². The van der Waals surface area contributed by atoms with Crippen molar-refractivity contribution >= 4 is 22.7 Å². The number of benzene rings is 1. The lowest BCUT2D eigenvalue weighted by atomic mass is 10.1. The highest BCUT2D eigenvalue weighted by atomic mass is 32.1. The van der Waals surface area contributed by atoms with Crippen molar-refractivity contribution in [3.05, 3.63) is 57.9 Å². The van der Waals surface area contributed by atoms with Gasteiger partial charge in [0.25, 0.3) is 0 Å². The highest BCUT2D eigenvalue weighted by molar-refractivity contribution is 7.21. The smallest absolute Gasteiger partial charge is 0.157 e. The van der Waals surface area contributed by atoms with Gasteiger partial charge in [-0.15, -0.1) is 21.5 Å². The minimum atomic E-state index is -0.200. The summed E-state index contributed by atoms with van der Waals surface area (Å²) in [5, 5.41) is 10.3. The van der Waals surface area contributed by atoms with Crippen LogP contribution in [0.15, 0.2) is 42.5 Å². The van der Waals surface area contributed by atoms with Crippen molar-refractivity contribution in [2.24, 2.45) is 5.73 Å². The van der Waals surface area contributed by atoms with Crippen molar-refractivity contribution < 1.29 is 0 Å².